The standard InChI is InChI=1S/C11H16ClN3OS/c1-14(2)8-4-3-5-15(6-8)11-13-10(12)9(7-16)17-11/h7-8H,3-6H2,1-2H3. The third-order valence-electron chi connectivity index (χ3n) is 3.10. The molecule has 94 valence electrons. The zero-order valence-corrected chi connectivity index (χ0v) is 11.6. The molecule has 0 spiro atoms. The number of nitrogens with zero attached hydrogens (tertiary/aromatic N) is 3. The second-order valence-corrected chi connectivity index (χ2v) is 5.84. The number of anilines is 1. The van der Waals surface area contributed by atoms with E-state index in [4.69, 9.17) is 11.6 Å². The van der Waals surface area contributed by atoms with Gasteiger partial charge < -0.3 is 9.80 Å². The molecule has 4 nitrogen and oxygen atoms in total. The third kappa shape index (κ3) is 2.78. The summed E-state index contributed by atoms with van der Waals surface area (Å²) in [6, 6.07) is 0.547. The highest BCUT2D eigenvalue weighted by atomic mass is 35.5. The molecule has 1 atom stereocenters. The predicted octanol–water partition coefficient (Wildman–Crippen LogP) is 2.14. The van der Waals surface area contributed by atoms with Crippen LogP contribution in [-0.4, -0.2) is 49.4 Å². The summed E-state index contributed by atoms with van der Waals surface area (Å²) in [4.78, 5) is 20.0. The van der Waals surface area contributed by atoms with Gasteiger partial charge in [-0.15, -0.1) is 0 Å². The first-order chi connectivity index (χ1) is 8.11. The summed E-state index contributed by atoms with van der Waals surface area (Å²) in [5, 5.41) is 1.19. The maximum atomic E-state index is 10.8. The van der Waals surface area contributed by atoms with Crippen LogP contribution in [0.5, 0.6) is 0 Å². The smallest absolute Gasteiger partial charge is 0.187 e. The van der Waals surface area contributed by atoms with Gasteiger partial charge in [0.15, 0.2) is 16.6 Å². The average Bonchev–Trinajstić information content (AvgIpc) is 2.71. The monoisotopic (exact) mass is 273 g/mol. The average molecular weight is 274 g/mol. The Bertz CT molecular complexity index is 407. The lowest BCUT2D eigenvalue weighted by Gasteiger charge is -2.35. The van der Waals surface area contributed by atoms with Crippen LogP contribution in [-0.2, 0) is 0 Å². The number of halogens is 1. The van der Waals surface area contributed by atoms with Gasteiger partial charge in [0, 0.05) is 19.1 Å². The summed E-state index contributed by atoms with van der Waals surface area (Å²) in [7, 11) is 4.19. The van der Waals surface area contributed by atoms with Crippen LogP contribution < -0.4 is 4.90 Å². The van der Waals surface area contributed by atoms with E-state index in [0.29, 0.717) is 16.1 Å². The van der Waals surface area contributed by atoms with Crippen molar-refractivity contribution < 1.29 is 4.79 Å². The lowest BCUT2D eigenvalue weighted by atomic mass is 10.1. The van der Waals surface area contributed by atoms with E-state index in [0.717, 1.165) is 30.9 Å². The van der Waals surface area contributed by atoms with Gasteiger partial charge in [0.25, 0.3) is 0 Å². The summed E-state index contributed by atoms with van der Waals surface area (Å²) in [6.07, 6.45) is 3.14. The van der Waals surface area contributed by atoms with E-state index in [1.165, 1.54) is 17.8 Å². The van der Waals surface area contributed by atoms with Crippen LogP contribution in [0.3, 0.4) is 0 Å². The Hall–Kier alpha value is -0.650. The minimum Gasteiger partial charge on any atom is -0.346 e. The molecule has 0 aromatic carbocycles. The third-order valence-corrected chi connectivity index (χ3v) is 4.54. The number of thiazole rings is 1. The van der Waals surface area contributed by atoms with Crippen LogP contribution in [0.25, 0.3) is 0 Å². The first-order valence-electron chi connectivity index (χ1n) is 5.64. The number of hydrogen-bond donors (Lipinski definition) is 0. The molecular formula is C11H16ClN3OS. The molecule has 1 aromatic heterocycles. The minimum atomic E-state index is 0.326. The van der Waals surface area contributed by atoms with Gasteiger partial charge in [-0.25, -0.2) is 4.98 Å². The van der Waals surface area contributed by atoms with Crippen molar-refractivity contribution >= 4 is 34.4 Å². The quantitative estimate of drug-likeness (QED) is 0.791. The normalized spacial score (nSPS) is 20.9. The number of likely N-dealkylation sites (N-methyl/N-ethyl adjacent to an activating group) is 1. The summed E-state index contributed by atoms with van der Waals surface area (Å²) in [5.41, 5.74) is 0. The van der Waals surface area contributed by atoms with E-state index in [9.17, 15) is 4.79 Å². The number of carbonyl (C=O) groups is 1. The van der Waals surface area contributed by atoms with Crippen molar-refractivity contribution in [3.8, 4) is 0 Å². The Labute approximate surface area is 110 Å². The molecule has 1 aliphatic rings. The number of carbonyl (C=O) groups excluding carboxylic acids is 1. The molecule has 6 heteroatoms. The minimum absolute atomic E-state index is 0.326. The fourth-order valence-electron chi connectivity index (χ4n) is 2.06. The van der Waals surface area contributed by atoms with Gasteiger partial charge in [-0.1, -0.05) is 22.9 Å². The van der Waals surface area contributed by atoms with Crippen LogP contribution in [0.4, 0.5) is 5.13 Å². The van der Waals surface area contributed by atoms with Crippen LogP contribution in [0.1, 0.15) is 22.5 Å². The van der Waals surface area contributed by atoms with Crippen LogP contribution in [0.15, 0.2) is 0 Å². The number of rotatable bonds is 3. The molecule has 1 aliphatic heterocycles. The molecule has 0 amide bonds. The molecule has 17 heavy (non-hydrogen) atoms. The van der Waals surface area contributed by atoms with Crippen molar-refractivity contribution in [1.29, 1.82) is 0 Å². The Kier molecular flexibility index (Phi) is 4.01. The second kappa shape index (κ2) is 5.33. The maximum absolute atomic E-state index is 10.8. The molecule has 1 aromatic rings. The second-order valence-electron chi connectivity index (χ2n) is 4.48. The van der Waals surface area contributed by atoms with Crippen molar-refractivity contribution in [2.75, 3.05) is 32.1 Å². The molecule has 1 fully saturated rings. The molecule has 1 saturated heterocycles. The van der Waals surface area contributed by atoms with Crippen molar-refractivity contribution in [3.05, 3.63) is 10.0 Å². The van der Waals surface area contributed by atoms with Gasteiger partial charge in [-0.2, -0.15) is 0 Å². The fraction of sp³-hybridized carbons (Fsp3) is 0.636. The number of aldehydes is 1. The Morgan fingerprint density at radius 1 is 1.59 bits per heavy atom. The van der Waals surface area contributed by atoms with Crippen molar-refractivity contribution in [1.82, 2.24) is 9.88 Å². The van der Waals surface area contributed by atoms with Gasteiger partial charge in [0.1, 0.15) is 4.88 Å². The SMILES string of the molecule is CN(C)C1CCCN(c2nc(Cl)c(C=O)s2)C1. The molecule has 2 heterocycles. The maximum Gasteiger partial charge on any atom is 0.187 e. The lowest BCUT2D eigenvalue weighted by Crippen LogP contribution is -2.45. The predicted molar refractivity (Wildman–Crippen MR) is 71.4 cm³/mol. The zero-order valence-electron chi connectivity index (χ0n) is 10.0. The number of piperidine rings is 1. The highest BCUT2D eigenvalue weighted by molar-refractivity contribution is 7.17. The van der Waals surface area contributed by atoms with Crippen molar-refractivity contribution in [2.45, 2.75) is 18.9 Å². The van der Waals surface area contributed by atoms with E-state index < -0.39 is 0 Å². The fourth-order valence-corrected chi connectivity index (χ4v) is 3.16. The molecule has 2 rings (SSSR count). The van der Waals surface area contributed by atoms with Gasteiger partial charge in [-0.3, -0.25) is 4.79 Å². The Morgan fingerprint density at radius 2 is 2.35 bits per heavy atom. The van der Waals surface area contributed by atoms with Gasteiger partial charge in [-0.05, 0) is 26.9 Å². The largest absolute Gasteiger partial charge is 0.346 e. The summed E-state index contributed by atoms with van der Waals surface area (Å²) >= 11 is 7.27. The summed E-state index contributed by atoms with van der Waals surface area (Å²) in [6.45, 7) is 1.95. The first-order valence-corrected chi connectivity index (χ1v) is 6.84. The van der Waals surface area contributed by atoms with Gasteiger partial charge in [0.05, 0.1) is 0 Å². The molecule has 1 unspecified atom stereocenters. The van der Waals surface area contributed by atoms with Gasteiger partial charge in [0.2, 0.25) is 0 Å². The highest BCUT2D eigenvalue weighted by Crippen LogP contribution is 2.30. The van der Waals surface area contributed by atoms with Crippen LogP contribution in [0, 0.1) is 0 Å². The molecule has 0 bridgehead atoms. The van der Waals surface area contributed by atoms with Crippen LogP contribution >= 0.6 is 22.9 Å². The van der Waals surface area contributed by atoms with Crippen LogP contribution in [0.2, 0.25) is 5.15 Å². The van der Waals surface area contributed by atoms with E-state index >= 15 is 0 Å². The summed E-state index contributed by atoms with van der Waals surface area (Å²) in [5.74, 6) is 0. The Morgan fingerprint density at radius 3 is 2.94 bits per heavy atom. The lowest BCUT2D eigenvalue weighted by molar-refractivity contribution is 0.112. The number of hydrogen-bond acceptors (Lipinski definition) is 5. The van der Waals surface area contributed by atoms with E-state index in [2.05, 4.69) is 28.9 Å². The summed E-state index contributed by atoms with van der Waals surface area (Å²) < 4.78 is 0. The van der Waals surface area contributed by atoms with E-state index in [-0.39, 0.29) is 0 Å². The van der Waals surface area contributed by atoms with Crippen molar-refractivity contribution in [3.63, 3.8) is 0 Å². The van der Waals surface area contributed by atoms with E-state index in [1.807, 2.05) is 0 Å². The van der Waals surface area contributed by atoms with Gasteiger partial charge >= 0.3 is 0 Å². The van der Waals surface area contributed by atoms with E-state index in [1.54, 1.807) is 0 Å². The molecule has 0 N–H and O–H groups in total. The molecule has 0 radical (unpaired) electrons. The number of aromatic nitrogens is 1. The molecule has 0 aliphatic carbocycles. The van der Waals surface area contributed by atoms with Crippen molar-refractivity contribution in [2.24, 2.45) is 0 Å². The zero-order chi connectivity index (χ0) is 12.4. The molecular weight excluding hydrogens is 258 g/mol. The Balaban J connectivity index is 2.13. The topological polar surface area (TPSA) is 36.4 Å². The highest BCUT2D eigenvalue weighted by Gasteiger charge is 2.24. The molecule has 0 saturated carbocycles. The first kappa shape index (κ1) is 12.8.